The van der Waals surface area contributed by atoms with E-state index in [2.05, 4.69) is 41.5 Å². The van der Waals surface area contributed by atoms with Crippen molar-refractivity contribution in [3.63, 3.8) is 0 Å². The van der Waals surface area contributed by atoms with Gasteiger partial charge in [0.15, 0.2) is 12.4 Å². The van der Waals surface area contributed by atoms with Crippen LogP contribution in [-0.2, 0) is 15.1 Å². The Labute approximate surface area is 336 Å². The summed E-state index contributed by atoms with van der Waals surface area (Å²) in [6.45, 7) is 2.20. The highest BCUT2D eigenvalue weighted by Crippen LogP contribution is 2.48. The van der Waals surface area contributed by atoms with E-state index in [0.717, 1.165) is 18.4 Å². The first-order valence-corrected chi connectivity index (χ1v) is 18.4. The predicted molar refractivity (Wildman–Crippen MR) is 211 cm³/mol. The molecule has 1 aliphatic carbocycles. The molecule has 13 nitrogen and oxygen atoms in total. The summed E-state index contributed by atoms with van der Waals surface area (Å²) < 4.78 is 43.8. The molecule has 0 saturated heterocycles. The van der Waals surface area contributed by atoms with E-state index < -0.39 is 47.5 Å². The van der Waals surface area contributed by atoms with Crippen molar-refractivity contribution in [2.24, 2.45) is 5.41 Å². The molecule has 0 radical (unpaired) electrons. The van der Waals surface area contributed by atoms with E-state index >= 15 is 0 Å². The standard InChI is InChI=1S/C41H38ClF3N8O5/c1-39(2,23-47-34(56)35(57)48-30-16-8-26(9-17-30)32(54)25-6-4-3-5-7-25)22-46-33(55)27-10-18-31(19-11-27)49-36-50-37(52-38(51-36)58-24-41(43,44)45)53-40(20-21-40)28-12-14-29(42)15-13-28/h3-19H,20-24H2,1-2H3,(H,46,55)(H,47,56)(H,48,57)(H2,49,50,51,52,53). The fraction of sp³-hybridized carbons (Fsp3) is 0.244. The Morgan fingerprint density at radius 3 is 1.93 bits per heavy atom. The van der Waals surface area contributed by atoms with E-state index in [4.69, 9.17) is 16.3 Å². The number of hydrogen-bond acceptors (Lipinski definition) is 10. The third-order valence-corrected chi connectivity index (χ3v) is 9.24. The number of ether oxygens (including phenoxy) is 1. The molecule has 1 saturated carbocycles. The molecule has 0 bridgehead atoms. The van der Waals surface area contributed by atoms with Crippen LogP contribution in [0.3, 0.4) is 0 Å². The summed E-state index contributed by atoms with van der Waals surface area (Å²) in [7, 11) is 0. The number of nitrogens with zero attached hydrogens (tertiary/aromatic N) is 3. The average Bonchev–Trinajstić information content (AvgIpc) is 3.99. The molecule has 6 rings (SSSR count). The molecule has 4 aromatic carbocycles. The number of alkyl halides is 3. The smallest absolute Gasteiger partial charge is 0.422 e. The topological polar surface area (TPSA) is 176 Å². The van der Waals surface area contributed by atoms with E-state index in [1.165, 1.54) is 24.3 Å². The maximum Gasteiger partial charge on any atom is 0.422 e. The number of carbonyl (C=O) groups is 4. The lowest BCUT2D eigenvalue weighted by atomic mass is 9.93. The summed E-state index contributed by atoms with van der Waals surface area (Å²) in [5, 5.41) is 14.6. The van der Waals surface area contributed by atoms with Crippen molar-refractivity contribution in [1.29, 1.82) is 0 Å². The minimum atomic E-state index is -4.62. The third-order valence-electron chi connectivity index (χ3n) is 8.98. The number of halogens is 4. The van der Waals surface area contributed by atoms with Gasteiger partial charge < -0.3 is 31.3 Å². The second-order valence-corrected chi connectivity index (χ2v) is 14.8. The average molecular weight is 815 g/mol. The Morgan fingerprint density at radius 2 is 1.29 bits per heavy atom. The SMILES string of the molecule is CC(C)(CNC(=O)C(=O)Nc1ccc(C(=O)c2ccccc2)cc1)CNC(=O)c1ccc(Nc2nc(NC3(c4ccc(Cl)cc4)CC3)nc(OCC(F)(F)F)n2)cc1. The first-order valence-electron chi connectivity index (χ1n) is 18.0. The highest BCUT2D eigenvalue weighted by molar-refractivity contribution is 6.39. The van der Waals surface area contributed by atoms with Crippen LogP contribution in [0.5, 0.6) is 6.01 Å². The van der Waals surface area contributed by atoms with Gasteiger partial charge in [-0.15, -0.1) is 0 Å². The van der Waals surface area contributed by atoms with Crippen molar-refractivity contribution in [3.05, 3.63) is 130 Å². The summed E-state index contributed by atoms with van der Waals surface area (Å²) in [6.07, 6.45) is -3.16. The minimum Gasteiger partial charge on any atom is -0.454 e. The molecule has 5 N–H and O–H groups in total. The van der Waals surface area contributed by atoms with E-state index in [1.807, 2.05) is 18.2 Å². The maximum atomic E-state index is 13.0. The molecule has 0 spiro atoms. The van der Waals surface area contributed by atoms with Crippen molar-refractivity contribution in [3.8, 4) is 6.01 Å². The Morgan fingerprint density at radius 1 is 0.707 bits per heavy atom. The highest BCUT2D eigenvalue weighted by atomic mass is 35.5. The van der Waals surface area contributed by atoms with Gasteiger partial charge >= 0.3 is 24.0 Å². The molecule has 300 valence electrons. The zero-order valence-electron chi connectivity index (χ0n) is 31.2. The van der Waals surface area contributed by atoms with Crippen molar-refractivity contribution < 1.29 is 37.1 Å². The first kappa shape index (κ1) is 41.1. The molecule has 58 heavy (non-hydrogen) atoms. The van der Waals surface area contributed by atoms with E-state index in [-0.39, 0.29) is 30.8 Å². The minimum absolute atomic E-state index is 0.000689. The number of amides is 3. The number of benzene rings is 4. The van der Waals surface area contributed by atoms with Gasteiger partial charge in [0.25, 0.3) is 5.91 Å². The van der Waals surface area contributed by atoms with Gasteiger partial charge in [0.1, 0.15) is 0 Å². The molecule has 1 aliphatic rings. The van der Waals surface area contributed by atoms with Gasteiger partial charge in [-0.05, 0) is 84.5 Å². The molecule has 0 unspecified atom stereocenters. The van der Waals surface area contributed by atoms with Gasteiger partial charge in [-0.1, -0.05) is 67.9 Å². The number of anilines is 4. The lowest BCUT2D eigenvalue weighted by Gasteiger charge is -2.25. The van der Waals surface area contributed by atoms with E-state index in [9.17, 15) is 32.3 Å². The number of nitrogens with one attached hydrogen (secondary N) is 5. The summed E-state index contributed by atoms with van der Waals surface area (Å²) in [4.78, 5) is 63.2. The Kier molecular flexibility index (Phi) is 12.3. The van der Waals surface area contributed by atoms with Gasteiger partial charge in [-0.25, -0.2) is 0 Å². The predicted octanol–water partition coefficient (Wildman–Crippen LogP) is 7.05. The number of ketones is 1. The van der Waals surface area contributed by atoms with E-state index in [0.29, 0.717) is 33.1 Å². The highest BCUT2D eigenvalue weighted by Gasteiger charge is 2.45. The van der Waals surface area contributed by atoms with E-state index in [1.54, 1.807) is 74.5 Å². The monoisotopic (exact) mass is 814 g/mol. The quantitative estimate of drug-likeness (QED) is 0.0544. The van der Waals surface area contributed by atoms with Gasteiger partial charge in [0.05, 0.1) is 5.54 Å². The molecule has 3 amide bonds. The van der Waals surface area contributed by atoms with Crippen LogP contribution in [0, 0.1) is 5.41 Å². The van der Waals surface area contributed by atoms with Crippen LogP contribution in [0.2, 0.25) is 5.02 Å². The lowest BCUT2D eigenvalue weighted by Crippen LogP contribution is -2.44. The van der Waals surface area contributed by atoms with Gasteiger partial charge in [-0.3, -0.25) is 19.2 Å². The summed E-state index contributed by atoms with van der Waals surface area (Å²) >= 11 is 6.04. The molecule has 5 aromatic rings. The second-order valence-electron chi connectivity index (χ2n) is 14.3. The van der Waals surface area contributed by atoms with Crippen LogP contribution in [0.4, 0.5) is 36.4 Å². The number of rotatable bonds is 15. The van der Waals surface area contributed by atoms with Crippen LogP contribution < -0.4 is 31.3 Å². The molecular weight excluding hydrogens is 777 g/mol. The summed E-state index contributed by atoms with van der Waals surface area (Å²) in [5.41, 5.74) is 1.74. The van der Waals surface area contributed by atoms with Crippen LogP contribution in [-0.4, -0.2) is 64.3 Å². The lowest BCUT2D eigenvalue weighted by molar-refractivity contribution is -0.154. The molecule has 17 heteroatoms. The Balaban J connectivity index is 0.999. The van der Waals surface area contributed by atoms with Crippen LogP contribution in [0.25, 0.3) is 0 Å². The summed E-state index contributed by atoms with van der Waals surface area (Å²) in [5.74, 6) is -2.45. The second kappa shape index (κ2) is 17.3. The first-order chi connectivity index (χ1) is 27.6. The van der Waals surface area contributed by atoms with Gasteiger partial charge in [0, 0.05) is 46.2 Å². The molecular formula is C41H38ClF3N8O5. The Bertz CT molecular complexity index is 2270. The fourth-order valence-corrected chi connectivity index (χ4v) is 5.77. The fourth-order valence-electron chi connectivity index (χ4n) is 5.64. The number of carbonyl (C=O) groups excluding carboxylic acids is 4. The van der Waals surface area contributed by atoms with Crippen LogP contribution >= 0.6 is 11.6 Å². The van der Waals surface area contributed by atoms with Crippen molar-refractivity contribution >= 4 is 58.4 Å². The number of aromatic nitrogens is 3. The molecule has 1 heterocycles. The van der Waals surface area contributed by atoms with Crippen molar-refractivity contribution in [2.75, 3.05) is 35.6 Å². The molecule has 1 fully saturated rings. The number of hydrogen-bond donors (Lipinski definition) is 5. The molecule has 1 aromatic heterocycles. The van der Waals surface area contributed by atoms with Gasteiger partial charge in [0.2, 0.25) is 11.9 Å². The Hall–Kier alpha value is -6.55. The van der Waals surface area contributed by atoms with Crippen LogP contribution in [0.1, 0.15) is 58.5 Å². The largest absolute Gasteiger partial charge is 0.454 e. The van der Waals surface area contributed by atoms with Crippen LogP contribution in [0.15, 0.2) is 103 Å². The molecule has 0 atom stereocenters. The van der Waals surface area contributed by atoms with Crippen molar-refractivity contribution in [2.45, 2.75) is 38.4 Å². The third kappa shape index (κ3) is 11.3. The van der Waals surface area contributed by atoms with Gasteiger partial charge in [-0.2, -0.15) is 28.1 Å². The maximum absolute atomic E-state index is 13.0. The zero-order valence-corrected chi connectivity index (χ0v) is 32.0. The summed E-state index contributed by atoms with van der Waals surface area (Å²) in [6, 6.07) is 27.8. The normalized spacial score (nSPS) is 13.1. The van der Waals surface area contributed by atoms with Crippen molar-refractivity contribution in [1.82, 2.24) is 25.6 Å². The zero-order chi connectivity index (χ0) is 41.5. The molecule has 0 aliphatic heterocycles.